The molecule has 166 valence electrons. The molecule has 0 amide bonds. The standard InChI is InChI=1S/C27H24N2O4/c1-31-21-12-8-19(9-13-21)7-10-20(30)11-16-24-27(29-17-5-4-6-26(29)28-24)23-15-14-22(32-2)18-25(23)33-3/h4-18H,1-3H3/b10-7+,16-11+. The fourth-order valence-corrected chi connectivity index (χ4v) is 3.50. The van der Waals surface area contributed by atoms with Crippen molar-refractivity contribution in [3.63, 3.8) is 0 Å². The van der Waals surface area contributed by atoms with Gasteiger partial charge in [-0.1, -0.05) is 24.3 Å². The molecule has 4 aromatic rings. The van der Waals surface area contributed by atoms with Crippen LogP contribution >= 0.6 is 0 Å². The summed E-state index contributed by atoms with van der Waals surface area (Å²) in [6.45, 7) is 0. The summed E-state index contributed by atoms with van der Waals surface area (Å²) in [7, 11) is 4.85. The first kappa shape index (κ1) is 21.9. The number of fused-ring (bicyclic) bond motifs is 1. The molecule has 0 saturated heterocycles. The number of rotatable bonds is 8. The summed E-state index contributed by atoms with van der Waals surface area (Å²) >= 11 is 0. The van der Waals surface area contributed by atoms with Crippen molar-refractivity contribution in [1.82, 2.24) is 9.38 Å². The van der Waals surface area contributed by atoms with Gasteiger partial charge in [0.15, 0.2) is 5.78 Å². The molecule has 2 aromatic heterocycles. The second-order valence-corrected chi connectivity index (χ2v) is 7.18. The van der Waals surface area contributed by atoms with E-state index in [-0.39, 0.29) is 5.78 Å². The van der Waals surface area contributed by atoms with Crippen LogP contribution < -0.4 is 14.2 Å². The molecule has 6 heteroatoms. The van der Waals surface area contributed by atoms with Crippen LogP contribution in [0, 0.1) is 0 Å². The third-order valence-electron chi connectivity index (χ3n) is 5.18. The molecule has 0 atom stereocenters. The van der Waals surface area contributed by atoms with Crippen molar-refractivity contribution in [1.29, 1.82) is 0 Å². The Bertz CT molecular complexity index is 1330. The van der Waals surface area contributed by atoms with E-state index in [2.05, 4.69) is 0 Å². The predicted octanol–water partition coefficient (Wildman–Crippen LogP) is 5.32. The van der Waals surface area contributed by atoms with Crippen LogP contribution in [-0.4, -0.2) is 36.5 Å². The lowest BCUT2D eigenvalue weighted by molar-refractivity contribution is -0.110. The summed E-state index contributed by atoms with van der Waals surface area (Å²) in [5.41, 5.74) is 4.02. The topological polar surface area (TPSA) is 62.1 Å². The van der Waals surface area contributed by atoms with Gasteiger partial charge in [0, 0.05) is 17.8 Å². The van der Waals surface area contributed by atoms with Crippen molar-refractivity contribution in [3.05, 3.63) is 90.3 Å². The highest BCUT2D eigenvalue weighted by molar-refractivity contribution is 6.04. The minimum Gasteiger partial charge on any atom is -0.497 e. The van der Waals surface area contributed by atoms with Crippen molar-refractivity contribution in [3.8, 4) is 28.5 Å². The number of benzene rings is 2. The Morgan fingerprint density at radius 1 is 0.848 bits per heavy atom. The van der Waals surface area contributed by atoms with Gasteiger partial charge in [0.25, 0.3) is 0 Å². The predicted molar refractivity (Wildman–Crippen MR) is 130 cm³/mol. The van der Waals surface area contributed by atoms with Crippen LogP contribution in [0.5, 0.6) is 17.2 Å². The molecule has 0 unspecified atom stereocenters. The Hall–Kier alpha value is -4.32. The first-order valence-corrected chi connectivity index (χ1v) is 10.4. The monoisotopic (exact) mass is 440 g/mol. The van der Waals surface area contributed by atoms with Crippen LogP contribution in [0.4, 0.5) is 0 Å². The molecule has 0 radical (unpaired) electrons. The highest BCUT2D eigenvalue weighted by atomic mass is 16.5. The number of hydrogen-bond acceptors (Lipinski definition) is 5. The molecule has 0 bridgehead atoms. The molecule has 0 aliphatic rings. The van der Waals surface area contributed by atoms with Gasteiger partial charge >= 0.3 is 0 Å². The number of nitrogens with zero attached hydrogens (tertiary/aromatic N) is 2. The van der Waals surface area contributed by atoms with Crippen LogP contribution in [0.1, 0.15) is 11.3 Å². The van der Waals surface area contributed by atoms with E-state index >= 15 is 0 Å². The Morgan fingerprint density at radius 3 is 2.30 bits per heavy atom. The van der Waals surface area contributed by atoms with Gasteiger partial charge in [0.1, 0.15) is 22.9 Å². The summed E-state index contributed by atoms with van der Waals surface area (Å²) in [5.74, 6) is 1.97. The summed E-state index contributed by atoms with van der Waals surface area (Å²) < 4.78 is 18.1. The first-order chi connectivity index (χ1) is 16.1. The molecule has 4 rings (SSSR count). The quantitative estimate of drug-likeness (QED) is 0.347. The maximum absolute atomic E-state index is 12.5. The van der Waals surface area contributed by atoms with Crippen molar-refractivity contribution >= 4 is 23.6 Å². The van der Waals surface area contributed by atoms with Gasteiger partial charge in [0.05, 0.1) is 32.7 Å². The highest BCUT2D eigenvalue weighted by Gasteiger charge is 2.17. The Morgan fingerprint density at radius 2 is 1.58 bits per heavy atom. The van der Waals surface area contributed by atoms with Crippen LogP contribution in [0.3, 0.4) is 0 Å². The average Bonchev–Trinajstić information content (AvgIpc) is 3.24. The van der Waals surface area contributed by atoms with E-state index in [9.17, 15) is 4.79 Å². The lowest BCUT2D eigenvalue weighted by Gasteiger charge is -2.11. The van der Waals surface area contributed by atoms with Gasteiger partial charge < -0.3 is 14.2 Å². The maximum atomic E-state index is 12.5. The van der Waals surface area contributed by atoms with E-state index in [0.29, 0.717) is 17.2 Å². The fraction of sp³-hybridized carbons (Fsp3) is 0.111. The number of methoxy groups -OCH3 is 3. The molecular weight excluding hydrogens is 416 g/mol. The molecule has 0 saturated carbocycles. The zero-order valence-electron chi connectivity index (χ0n) is 18.7. The Kier molecular flexibility index (Phi) is 6.55. The lowest BCUT2D eigenvalue weighted by Crippen LogP contribution is -1.94. The summed E-state index contributed by atoms with van der Waals surface area (Å²) in [6, 6.07) is 18.9. The molecule has 0 N–H and O–H groups in total. The third-order valence-corrected chi connectivity index (χ3v) is 5.18. The molecule has 0 aliphatic heterocycles. The molecule has 0 aliphatic carbocycles. The van der Waals surface area contributed by atoms with E-state index < -0.39 is 0 Å². The van der Waals surface area contributed by atoms with E-state index in [0.717, 1.165) is 28.2 Å². The largest absolute Gasteiger partial charge is 0.497 e. The third kappa shape index (κ3) is 4.80. The normalized spacial score (nSPS) is 11.4. The number of ketones is 1. The van der Waals surface area contributed by atoms with Gasteiger partial charge in [0.2, 0.25) is 0 Å². The molecule has 6 nitrogen and oxygen atoms in total. The number of pyridine rings is 1. The minimum absolute atomic E-state index is 0.143. The SMILES string of the molecule is COc1ccc(/C=C/C(=O)/C=C/c2nc3ccccn3c2-c2ccc(OC)cc2OC)cc1. The summed E-state index contributed by atoms with van der Waals surface area (Å²) in [5, 5.41) is 0. The van der Waals surface area contributed by atoms with Crippen LogP contribution in [0.25, 0.3) is 29.1 Å². The van der Waals surface area contributed by atoms with Crippen LogP contribution in [-0.2, 0) is 4.79 Å². The van der Waals surface area contributed by atoms with E-state index in [1.807, 2.05) is 71.3 Å². The van der Waals surface area contributed by atoms with Crippen LogP contribution in [0.15, 0.2) is 79.0 Å². The Labute approximate surface area is 192 Å². The van der Waals surface area contributed by atoms with Crippen LogP contribution in [0.2, 0.25) is 0 Å². The second-order valence-electron chi connectivity index (χ2n) is 7.18. The van der Waals surface area contributed by atoms with Gasteiger partial charge in [-0.25, -0.2) is 4.98 Å². The average molecular weight is 440 g/mol. The number of hydrogen-bond donors (Lipinski definition) is 0. The zero-order chi connectivity index (χ0) is 23.2. The molecule has 33 heavy (non-hydrogen) atoms. The Balaban J connectivity index is 1.67. The van der Waals surface area contributed by atoms with E-state index in [4.69, 9.17) is 19.2 Å². The van der Waals surface area contributed by atoms with E-state index in [1.54, 1.807) is 33.5 Å². The number of allylic oxidation sites excluding steroid dienone is 2. The summed E-state index contributed by atoms with van der Waals surface area (Å²) in [4.78, 5) is 17.2. The van der Waals surface area contributed by atoms with Crippen molar-refractivity contribution in [2.24, 2.45) is 0 Å². The molecular formula is C27H24N2O4. The van der Waals surface area contributed by atoms with Gasteiger partial charge in [-0.2, -0.15) is 0 Å². The second kappa shape index (κ2) is 9.87. The van der Waals surface area contributed by atoms with E-state index in [1.165, 1.54) is 12.2 Å². The minimum atomic E-state index is -0.143. The van der Waals surface area contributed by atoms with Gasteiger partial charge in [-0.3, -0.25) is 9.20 Å². The molecule has 0 spiro atoms. The van der Waals surface area contributed by atoms with Crippen molar-refractivity contribution in [2.45, 2.75) is 0 Å². The zero-order valence-corrected chi connectivity index (χ0v) is 18.7. The lowest BCUT2D eigenvalue weighted by atomic mass is 10.1. The molecule has 2 aromatic carbocycles. The van der Waals surface area contributed by atoms with Crippen molar-refractivity contribution in [2.75, 3.05) is 21.3 Å². The summed E-state index contributed by atoms with van der Waals surface area (Å²) in [6.07, 6.45) is 8.48. The van der Waals surface area contributed by atoms with Crippen molar-refractivity contribution < 1.29 is 19.0 Å². The number of ether oxygens (including phenoxy) is 3. The number of imidazole rings is 1. The number of carbonyl (C=O) groups excluding carboxylic acids is 1. The number of aromatic nitrogens is 2. The smallest absolute Gasteiger partial charge is 0.178 e. The highest BCUT2D eigenvalue weighted by Crippen LogP contribution is 2.36. The first-order valence-electron chi connectivity index (χ1n) is 10.4. The molecule has 0 fully saturated rings. The van der Waals surface area contributed by atoms with Gasteiger partial charge in [-0.05, 0) is 60.2 Å². The maximum Gasteiger partial charge on any atom is 0.178 e. The number of carbonyl (C=O) groups is 1. The van der Waals surface area contributed by atoms with Gasteiger partial charge in [-0.15, -0.1) is 0 Å². The molecule has 2 heterocycles. The fourth-order valence-electron chi connectivity index (χ4n) is 3.50.